The second-order valence-corrected chi connectivity index (χ2v) is 7.22. The maximum Gasteiger partial charge on any atom is 0.126 e. The molecule has 0 aliphatic carbocycles. The van der Waals surface area contributed by atoms with Crippen LogP contribution in [-0.4, -0.2) is 25.9 Å². The van der Waals surface area contributed by atoms with Gasteiger partial charge in [-0.25, -0.2) is 0 Å². The van der Waals surface area contributed by atoms with Crippen molar-refractivity contribution in [3.63, 3.8) is 0 Å². The summed E-state index contributed by atoms with van der Waals surface area (Å²) < 4.78 is 17.3. The Labute approximate surface area is 153 Å². The first-order valence-electron chi connectivity index (χ1n) is 9.64. The highest BCUT2D eigenvalue weighted by atomic mass is 16.5. The molecule has 1 unspecified atom stereocenters. The van der Waals surface area contributed by atoms with Gasteiger partial charge in [0.1, 0.15) is 18.1 Å². The van der Waals surface area contributed by atoms with Crippen LogP contribution in [-0.2, 0) is 4.74 Å². The van der Waals surface area contributed by atoms with Crippen LogP contribution in [0, 0.1) is 0 Å². The van der Waals surface area contributed by atoms with E-state index in [1.54, 1.807) is 0 Å². The molecule has 0 saturated carbocycles. The maximum atomic E-state index is 5.87. The lowest BCUT2D eigenvalue weighted by molar-refractivity contribution is -0.0250. The summed E-state index contributed by atoms with van der Waals surface area (Å²) in [5.41, 5.74) is 2.72. The van der Waals surface area contributed by atoms with E-state index in [1.165, 1.54) is 11.1 Å². The minimum absolute atomic E-state index is 0.0539. The second kappa shape index (κ2) is 9.28. The smallest absolute Gasteiger partial charge is 0.126 e. The molecule has 1 aromatic rings. The van der Waals surface area contributed by atoms with Crippen LogP contribution in [0.1, 0.15) is 71.3 Å². The lowest BCUT2D eigenvalue weighted by atomic mass is 9.90. The number of benzene rings is 1. The zero-order chi connectivity index (χ0) is 18.3. The van der Waals surface area contributed by atoms with Gasteiger partial charge in [-0.15, -0.1) is 0 Å². The summed E-state index contributed by atoms with van der Waals surface area (Å²) in [4.78, 5) is 0. The summed E-state index contributed by atoms with van der Waals surface area (Å²) in [5, 5.41) is 0. The number of allylic oxidation sites excluding steroid dienone is 1. The molecule has 1 aliphatic rings. The lowest BCUT2D eigenvalue weighted by Gasteiger charge is -2.30. The van der Waals surface area contributed by atoms with Crippen molar-refractivity contribution in [2.75, 3.05) is 20.3 Å². The average molecular weight is 347 g/mol. The molecule has 0 fully saturated rings. The molecule has 25 heavy (non-hydrogen) atoms. The Morgan fingerprint density at radius 1 is 1.32 bits per heavy atom. The van der Waals surface area contributed by atoms with E-state index in [2.05, 4.69) is 39.8 Å². The quantitative estimate of drug-likeness (QED) is 0.495. The zero-order valence-electron chi connectivity index (χ0n) is 16.6. The van der Waals surface area contributed by atoms with E-state index in [9.17, 15) is 0 Å². The topological polar surface area (TPSA) is 27.7 Å². The Morgan fingerprint density at radius 2 is 2.08 bits per heavy atom. The second-order valence-electron chi connectivity index (χ2n) is 7.22. The average Bonchev–Trinajstić information content (AvgIpc) is 3.00. The van der Waals surface area contributed by atoms with E-state index in [0.29, 0.717) is 12.5 Å². The molecule has 3 nitrogen and oxygen atoms in total. The molecule has 140 valence electrons. The predicted octanol–water partition coefficient (Wildman–Crippen LogP) is 5.88. The number of rotatable bonds is 10. The Morgan fingerprint density at radius 3 is 2.76 bits per heavy atom. The van der Waals surface area contributed by atoms with E-state index in [1.807, 2.05) is 19.2 Å². The Kier molecular flexibility index (Phi) is 7.37. The Hall–Kier alpha value is -1.48. The first kappa shape index (κ1) is 19.8. The number of hydrogen-bond donors (Lipinski definition) is 0. The van der Waals surface area contributed by atoms with Gasteiger partial charge in [0.25, 0.3) is 0 Å². The Balaban J connectivity index is 1.76. The number of methoxy groups -OCH3 is 1. The third-order valence-electron chi connectivity index (χ3n) is 5.61. The summed E-state index contributed by atoms with van der Waals surface area (Å²) in [7, 11) is 1.84. The molecule has 0 spiro atoms. The third-order valence-corrected chi connectivity index (χ3v) is 5.61. The van der Waals surface area contributed by atoms with Crippen LogP contribution in [0.3, 0.4) is 0 Å². The van der Waals surface area contributed by atoms with Gasteiger partial charge in [-0.2, -0.15) is 0 Å². The number of fused-ring (bicyclic) bond motifs is 1. The van der Waals surface area contributed by atoms with Crippen molar-refractivity contribution >= 4 is 0 Å². The fraction of sp³-hybridized carbons (Fsp3) is 0.636. The van der Waals surface area contributed by atoms with Crippen LogP contribution >= 0.6 is 0 Å². The monoisotopic (exact) mass is 346 g/mol. The third kappa shape index (κ3) is 5.24. The molecule has 1 aromatic carbocycles. The van der Waals surface area contributed by atoms with Gasteiger partial charge in [-0.05, 0) is 51.2 Å². The zero-order valence-corrected chi connectivity index (χ0v) is 16.6. The number of ether oxygens (including phenoxy) is 3. The van der Waals surface area contributed by atoms with Crippen molar-refractivity contribution in [1.29, 1.82) is 0 Å². The van der Waals surface area contributed by atoms with E-state index in [0.717, 1.165) is 50.2 Å². The first-order valence-corrected chi connectivity index (χ1v) is 9.64. The van der Waals surface area contributed by atoms with Crippen LogP contribution in [0.5, 0.6) is 11.5 Å². The summed E-state index contributed by atoms with van der Waals surface area (Å²) in [6, 6.07) is 6.18. The molecule has 0 N–H and O–H groups in total. The summed E-state index contributed by atoms with van der Waals surface area (Å²) in [6.07, 6.45) is 7.70. The lowest BCUT2D eigenvalue weighted by Crippen LogP contribution is -2.29. The van der Waals surface area contributed by atoms with Crippen LogP contribution in [0.2, 0.25) is 0 Å². The minimum atomic E-state index is 0.0539. The van der Waals surface area contributed by atoms with Crippen LogP contribution in [0.25, 0.3) is 0 Å². The van der Waals surface area contributed by atoms with E-state index >= 15 is 0 Å². The first-order chi connectivity index (χ1) is 12.0. The van der Waals surface area contributed by atoms with Crippen molar-refractivity contribution in [3.05, 3.63) is 35.4 Å². The normalized spacial score (nSPS) is 17.3. The Bertz CT molecular complexity index is 564. The van der Waals surface area contributed by atoms with Gasteiger partial charge in [0.05, 0.1) is 12.2 Å². The minimum Gasteiger partial charge on any atom is -0.493 e. The van der Waals surface area contributed by atoms with E-state index in [4.69, 9.17) is 14.2 Å². The van der Waals surface area contributed by atoms with Crippen molar-refractivity contribution in [3.8, 4) is 11.5 Å². The summed E-state index contributed by atoms with van der Waals surface area (Å²) >= 11 is 0. The maximum absolute atomic E-state index is 5.87. The van der Waals surface area contributed by atoms with Crippen molar-refractivity contribution in [1.82, 2.24) is 0 Å². The van der Waals surface area contributed by atoms with Crippen LogP contribution in [0.15, 0.2) is 29.8 Å². The molecule has 0 aromatic heterocycles. The van der Waals surface area contributed by atoms with Gasteiger partial charge in [0, 0.05) is 24.7 Å². The van der Waals surface area contributed by atoms with Crippen LogP contribution < -0.4 is 9.47 Å². The molecule has 0 amide bonds. The fourth-order valence-electron chi connectivity index (χ4n) is 3.51. The van der Waals surface area contributed by atoms with Gasteiger partial charge in [-0.1, -0.05) is 32.4 Å². The molecular formula is C22H34O3. The molecule has 0 radical (unpaired) electrons. The highest BCUT2D eigenvalue weighted by Gasteiger charge is 2.24. The highest BCUT2D eigenvalue weighted by molar-refractivity contribution is 5.45. The van der Waals surface area contributed by atoms with Gasteiger partial charge < -0.3 is 14.2 Å². The largest absolute Gasteiger partial charge is 0.493 e. The molecule has 0 saturated heterocycles. The van der Waals surface area contributed by atoms with E-state index < -0.39 is 0 Å². The molecule has 1 atom stereocenters. The molecular weight excluding hydrogens is 312 g/mol. The SMILES string of the molecule is CCC(CC)(CCC/C(C)=C/COc1ccc2c(c1)OCC2C)OC. The van der Waals surface area contributed by atoms with Gasteiger partial charge >= 0.3 is 0 Å². The molecule has 1 aliphatic heterocycles. The molecule has 1 heterocycles. The van der Waals surface area contributed by atoms with Gasteiger partial charge in [0.15, 0.2) is 0 Å². The van der Waals surface area contributed by atoms with Crippen molar-refractivity contribution in [2.45, 2.75) is 71.3 Å². The summed E-state index contributed by atoms with van der Waals surface area (Å²) in [6.45, 7) is 10.2. The fourth-order valence-corrected chi connectivity index (χ4v) is 3.51. The van der Waals surface area contributed by atoms with Gasteiger partial charge in [-0.3, -0.25) is 0 Å². The van der Waals surface area contributed by atoms with Crippen LogP contribution in [0.4, 0.5) is 0 Å². The van der Waals surface area contributed by atoms with Crippen molar-refractivity contribution < 1.29 is 14.2 Å². The number of hydrogen-bond acceptors (Lipinski definition) is 3. The standard InChI is InChI=1S/C22H34O3/c1-6-22(7-2,23-5)13-8-9-17(3)12-14-24-19-10-11-20-18(4)16-25-21(20)15-19/h10-12,15,18H,6-9,13-14,16H2,1-5H3/b17-12+. The highest BCUT2D eigenvalue weighted by Crippen LogP contribution is 2.36. The molecule has 2 rings (SSSR count). The molecule has 0 bridgehead atoms. The predicted molar refractivity (Wildman–Crippen MR) is 104 cm³/mol. The van der Waals surface area contributed by atoms with E-state index in [-0.39, 0.29) is 5.60 Å². The molecule has 3 heteroatoms. The van der Waals surface area contributed by atoms with Gasteiger partial charge in [0.2, 0.25) is 0 Å². The van der Waals surface area contributed by atoms with Crippen molar-refractivity contribution in [2.24, 2.45) is 0 Å². The summed E-state index contributed by atoms with van der Waals surface area (Å²) in [5.74, 6) is 2.34.